The summed E-state index contributed by atoms with van der Waals surface area (Å²) < 4.78 is 0. The van der Waals surface area contributed by atoms with Crippen LogP contribution in [0.4, 0.5) is 0 Å². The van der Waals surface area contributed by atoms with E-state index in [0.29, 0.717) is 25.8 Å². The van der Waals surface area contributed by atoms with Gasteiger partial charge in [0.15, 0.2) is 0 Å². The Hall–Kier alpha value is -1.41. The molecular weight excluding hydrogens is 414 g/mol. The second-order valence-corrected chi connectivity index (χ2v) is 9.60. The molecule has 1 rings (SSSR count). The molecule has 1 fully saturated rings. The van der Waals surface area contributed by atoms with Crippen LogP contribution in [0.2, 0.25) is 0 Å². The average molecular weight is 456 g/mol. The number of nitrogens with one attached hydrogen (secondary N) is 2. The third-order valence-corrected chi connectivity index (χ3v) is 6.70. The van der Waals surface area contributed by atoms with Crippen molar-refractivity contribution >= 4 is 35.3 Å². The molecule has 1 saturated heterocycles. The number of hydrogen-bond acceptors (Lipinski definition) is 6. The molecule has 0 aromatic heterocycles. The number of nitrogens with zero attached hydrogens (tertiary/aromatic N) is 1. The lowest BCUT2D eigenvalue weighted by molar-refractivity contribution is -0.138. The van der Waals surface area contributed by atoms with Gasteiger partial charge in [-0.2, -0.15) is 0 Å². The molecule has 1 unspecified atom stereocenters. The van der Waals surface area contributed by atoms with Crippen LogP contribution in [0.5, 0.6) is 0 Å². The Kier molecular flexibility index (Phi) is 15.3. The summed E-state index contributed by atoms with van der Waals surface area (Å²) in [4.78, 5) is 48.7. The number of ketones is 1. The quantitative estimate of drug-likeness (QED) is 0.230. The van der Waals surface area contributed by atoms with Crippen molar-refractivity contribution in [3.63, 3.8) is 0 Å². The van der Waals surface area contributed by atoms with Crippen LogP contribution in [0, 0.1) is 0 Å². The highest BCUT2D eigenvalue weighted by molar-refractivity contribution is 8.00. The SMILES string of the molecule is CNCCCCCNC(=O)CCCCCSC1CC(=O)N(CCCCCC(C)=O)C1=O. The van der Waals surface area contributed by atoms with Gasteiger partial charge in [0, 0.05) is 32.4 Å². The Labute approximate surface area is 191 Å². The number of Topliss-reactive ketones (excluding diaryl/α,β-unsaturated/α-hetero) is 1. The lowest BCUT2D eigenvalue weighted by Gasteiger charge is -2.14. The topological polar surface area (TPSA) is 95.6 Å². The van der Waals surface area contributed by atoms with E-state index in [1.54, 1.807) is 18.7 Å². The number of carbonyl (C=O) groups is 4. The molecule has 2 N–H and O–H groups in total. The second-order valence-electron chi connectivity index (χ2n) is 8.28. The molecule has 1 atom stereocenters. The number of unbranched alkanes of at least 4 members (excludes halogenated alkanes) is 6. The van der Waals surface area contributed by atoms with Crippen molar-refractivity contribution in [2.24, 2.45) is 0 Å². The van der Waals surface area contributed by atoms with Crippen LogP contribution in [0.25, 0.3) is 0 Å². The van der Waals surface area contributed by atoms with Gasteiger partial charge in [0.05, 0.1) is 5.25 Å². The van der Waals surface area contributed by atoms with Gasteiger partial charge in [0.2, 0.25) is 17.7 Å². The van der Waals surface area contributed by atoms with Crippen molar-refractivity contribution in [3.05, 3.63) is 0 Å². The van der Waals surface area contributed by atoms with Gasteiger partial charge in [-0.3, -0.25) is 19.3 Å². The van der Waals surface area contributed by atoms with Crippen molar-refractivity contribution < 1.29 is 19.2 Å². The van der Waals surface area contributed by atoms with Gasteiger partial charge in [-0.25, -0.2) is 0 Å². The van der Waals surface area contributed by atoms with Crippen molar-refractivity contribution in [1.29, 1.82) is 0 Å². The molecule has 3 amide bonds. The molecule has 31 heavy (non-hydrogen) atoms. The minimum Gasteiger partial charge on any atom is -0.356 e. The summed E-state index contributed by atoms with van der Waals surface area (Å²) in [6.07, 6.45) is 9.91. The van der Waals surface area contributed by atoms with Crippen LogP contribution in [-0.4, -0.2) is 66.1 Å². The van der Waals surface area contributed by atoms with Crippen molar-refractivity contribution in [3.8, 4) is 0 Å². The summed E-state index contributed by atoms with van der Waals surface area (Å²) in [6.45, 7) is 3.83. The lowest BCUT2D eigenvalue weighted by atomic mass is 10.1. The normalized spacial score (nSPS) is 16.2. The Morgan fingerprint density at radius 2 is 1.61 bits per heavy atom. The number of amides is 3. The van der Waals surface area contributed by atoms with Crippen LogP contribution in [0.15, 0.2) is 0 Å². The maximum Gasteiger partial charge on any atom is 0.242 e. The fourth-order valence-electron chi connectivity index (χ4n) is 3.55. The lowest BCUT2D eigenvalue weighted by Crippen LogP contribution is -2.32. The molecule has 0 saturated carbocycles. The van der Waals surface area contributed by atoms with E-state index in [0.717, 1.165) is 76.6 Å². The molecule has 0 aromatic rings. The number of rotatable bonds is 19. The predicted molar refractivity (Wildman–Crippen MR) is 126 cm³/mol. The number of thioether (sulfide) groups is 1. The number of imide groups is 1. The molecule has 0 aliphatic carbocycles. The molecule has 178 valence electrons. The van der Waals surface area contributed by atoms with Gasteiger partial charge in [-0.15, -0.1) is 11.8 Å². The highest BCUT2D eigenvalue weighted by atomic mass is 32.2. The van der Waals surface area contributed by atoms with E-state index in [-0.39, 0.29) is 28.8 Å². The first-order chi connectivity index (χ1) is 15.0. The highest BCUT2D eigenvalue weighted by Crippen LogP contribution is 2.26. The van der Waals surface area contributed by atoms with Crippen molar-refractivity contribution in [2.45, 2.75) is 89.2 Å². The molecular formula is C23H41N3O4S. The van der Waals surface area contributed by atoms with Gasteiger partial charge >= 0.3 is 0 Å². The molecule has 0 spiro atoms. The maximum atomic E-state index is 12.5. The second kappa shape index (κ2) is 17.2. The first-order valence-electron chi connectivity index (χ1n) is 11.8. The monoisotopic (exact) mass is 455 g/mol. The van der Waals surface area contributed by atoms with Crippen LogP contribution in [0.1, 0.15) is 84.0 Å². The number of hydrogen-bond donors (Lipinski definition) is 2. The Bertz CT molecular complexity index is 571. The van der Waals surface area contributed by atoms with E-state index in [1.807, 2.05) is 7.05 Å². The van der Waals surface area contributed by atoms with Crippen LogP contribution < -0.4 is 10.6 Å². The minimum absolute atomic E-state index is 0.0596. The summed E-state index contributed by atoms with van der Waals surface area (Å²) in [5.74, 6) is 1.01. The standard InChI is InChI=1S/C23H41N3O4S/c1-19(27)12-6-3-10-16-26-22(29)18-20(23(26)30)31-17-11-4-7-13-21(28)25-15-9-5-8-14-24-2/h20,24H,3-18H2,1-2H3,(H,25,28). The van der Waals surface area contributed by atoms with E-state index >= 15 is 0 Å². The largest absolute Gasteiger partial charge is 0.356 e. The zero-order chi connectivity index (χ0) is 22.9. The first kappa shape index (κ1) is 27.6. The van der Waals surface area contributed by atoms with E-state index in [2.05, 4.69) is 10.6 Å². The summed E-state index contributed by atoms with van der Waals surface area (Å²) in [5, 5.41) is 5.83. The molecule has 1 aliphatic rings. The van der Waals surface area contributed by atoms with Gasteiger partial charge in [0.25, 0.3) is 0 Å². The Balaban J connectivity index is 2.04. The van der Waals surface area contributed by atoms with Gasteiger partial charge < -0.3 is 15.4 Å². The fourth-order valence-corrected chi connectivity index (χ4v) is 4.73. The number of likely N-dealkylation sites (tertiary alicyclic amines) is 1. The van der Waals surface area contributed by atoms with Crippen LogP contribution in [-0.2, 0) is 19.2 Å². The summed E-state index contributed by atoms with van der Waals surface area (Å²) >= 11 is 1.57. The van der Waals surface area contributed by atoms with E-state index in [9.17, 15) is 19.2 Å². The molecule has 0 radical (unpaired) electrons. The zero-order valence-electron chi connectivity index (χ0n) is 19.4. The molecule has 0 aromatic carbocycles. The molecule has 1 aliphatic heterocycles. The number of carbonyl (C=O) groups excluding carboxylic acids is 4. The molecule has 0 bridgehead atoms. The van der Waals surface area contributed by atoms with E-state index in [4.69, 9.17) is 0 Å². The summed E-state index contributed by atoms with van der Waals surface area (Å²) in [7, 11) is 1.95. The van der Waals surface area contributed by atoms with Crippen LogP contribution >= 0.6 is 11.8 Å². The maximum absolute atomic E-state index is 12.5. The summed E-state index contributed by atoms with van der Waals surface area (Å²) in [6, 6.07) is 0. The molecule has 7 nitrogen and oxygen atoms in total. The smallest absolute Gasteiger partial charge is 0.242 e. The molecule has 8 heteroatoms. The van der Waals surface area contributed by atoms with E-state index < -0.39 is 0 Å². The third kappa shape index (κ3) is 12.9. The fraction of sp³-hybridized carbons (Fsp3) is 0.826. The minimum atomic E-state index is -0.254. The van der Waals surface area contributed by atoms with Gasteiger partial charge in [0.1, 0.15) is 5.78 Å². The van der Waals surface area contributed by atoms with Crippen molar-refractivity contribution in [1.82, 2.24) is 15.5 Å². The predicted octanol–water partition coefficient (Wildman–Crippen LogP) is 3.06. The van der Waals surface area contributed by atoms with E-state index in [1.165, 1.54) is 4.90 Å². The average Bonchev–Trinajstić information content (AvgIpc) is 3.00. The van der Waals surface area contributed by atoms with Crippen molar-refractivity contribution in [2.75, 3.05) is 32.4 Å². The summed E-state index contributed by atoms with van der Waals surface area (Å²) in [5.41, 5.74) is 0. The third-order valence-electron chi connectivity index (χ3n) is 5.41. The van der Waals surface area contributed by atoms with Crippen LogP contribution in [0.3, 0.4) is 0 Å². The van der Waals surface area contributed by atoms with Gasteiger partial charge in [-0.05, 0) is 64.8 Å². The molecule has 1 heterocycles. The zero-order valence-corrected chi connectivity index (χ0v) is 20.2. The highest BCUT2D eigenvalue weighted by Gasteiger charge is 2.38. The van der Waals surface area contributed by atoms with Gasteiger partial charge in [-0.1, -0.05) is 19.3 Å². The Morgan fingerprint density at radius 3 is 2.35 bits per heavy atom. The first-order valence-corrected chi connectivity index (χ1v) is 12.9. The Morgan fingerprint density at radius 1 is 0.935 bits per heavy atom.